The Kier molecular flexibility index (Phi) is 9.50. The zero-order valence-corrected chi connectivity index (χ0v) is 20.5. The summed E-state index contributed by atoms with van der Waals surface area (Å²) in [5, 5.41) is 7.86. The molecule has 1 aromatic heterocycles. The summed E-state index contributed by atoms with van der Waals surface area (Å²) in [5.74, 6) is 1.50. The first-order chi connectivity index (χ1) is 14.5. The topological polar surface area (TPSA) is 75.8 Å². The molecule has 1 heterocycles. The lowest BCUT2D eigenvalue weighted by molar-refractivity contribution is 0.377. The van der Waals surface area contributed by atoms with Crippen LogP contribution in [-0.2, 0) is 13.0 Å². The molecule has 0 fully saturated rings. The second kappa shape index (κ2) is 11.8. The van der Waals surface area contributed by atoms with Crippen molar-refractivity contribution in [2.75, 3.05) is 27.7 Å². The number of guanidine groups is 1. The van der Waals surface area contributed by atoms with Crippen LogP contribution in [0.2, 0.25) is 5.02 Å². The third kappa shape index (κ3) is 6.79. The lowest BCUT2D eigenvalue weighted by Crippen LogP contribution is -2.39. The Morgan fingerprint density at radius 1 is 1.29 bits per heavy atom. The van der Waals surface area contributed by atoms with E-state index in [1.54, 1.807) is 25.2 Å². The van der Waals surface area contributed by atoms with Gasteiger partial charge in [-0.3, -0.25) is 4.99 Å². The number of rotatable bonds is 7. The van der Waals surface area contributed by atoms with Crippen LogP contribution < -0.4 is 10.1 Å². The molecule has 0 aliphatic heterocycles. The van der Waals surface area contributed by atoms with Gasteiger partial charge in [0, 0.05) is 44.2 Å². The van der Waals surface area contributed by atoms with Gasteiger partial charge in [0.1, 0.15) is 0 Å². The average molecular weight is 560 g/mol. The second-order valence-electron chi connectivity index (χ2n) is 6.57. The van der Waals surface area contributed by atoms with E-state index in [4.69, 9.17) is 20.9 Å². The minimum atomic E-state index is -0.391. The fourth-order valence-corrected chi connectivity index (χ4v) is 3.11. The maximum Gasteiger partial charge on any atom is 0.228 e. The number of methoxy groups -OCH3 is 1. The van der Waals surface area contributed by atoms with Gasteiger partial charge in [0.2, 0.25) is 11.7 Å². The molecule has 3 rings (SSSR count). The highest BCUT2D eigenvalue weighted by molar-refractivity contribution is 14.0. The SMILES string of the molecule is CN=C(NCCc1nc(-c2cccc(Cl)c2)no1)N(C)Cc1ccc(OC)c(F)c1.I. The van der Waals surface area contributed by atoms with Crippen molar-refractivity contribution in [2.24, 2.45) is 4.99 Å². The van der Waals surface area contributed by atoms with Gasteiger partial charge in [-0.05, 0) is 29.8 Å². The normalized spacial score (nSPS) is 11.1. The van der Waals surface area contributed by atoms with Gasteiger partial charge in [-0.1, -0.05) is 35.0 Å². The number of benzene rings is 2. The summed E-state index contributed by atoms with van der Waals surface area (Å²) in [4.78, 5) is 10.6. The van der Waals surface area contributed by atoms with Crippen LogP contribution in [0.1, 0.15) is 11.5 Å². The molecule has 0 radical (unpaired) electrons. The predicted octanol–water partition coefficient (Wildman–Crippen LogP) is 4.41. The molecule has 31 heavy (non-hydrogen) atoms. The Balaban J connectivity index is 0.00000341. The highest BCUT2D eigenvalue weighted by Crippen LogP contribution is 2.20. The monoisotopic (exact) mass is 559 g/mol. The summed E-state index contributed by atoms with van der Waals surface area (Å²) in [6.07, 6.45) is 0.525. The summed E-state index contributed by atoms with van der Waals surface area (Å²) in [6, 6.07) is 12.2. The molecule has 2 aromatic carbocycles. The maximum atomic E-state index is 13.9. The first-order valence-electron chi connectivity index (χ1n) is 9.33. The zero-order valence-electron chi connectivity index (χ0n) is 17.4. The van der Waals surface area contributed by atoms with E-state index >= 15 is 0 Å². The number of nitrogens with one attached hydrogen (secondary N) is 1. The maximum absolute atomic E-state index is 13.9. The molecule has 0 spiro atoms. The van der Waals surface area contributed by atoms with Crippen LogP contribution in [0.5, 0.6) is 5.75 Å². The van der Waals surface area contributed by atoms with Crippen LogP contribution in [-0.4, -0.2) is 48.8 Å². The molecule has 0 aliphatic carbocycles. The lowest BCUT2D eigenvalue weighted by atomic mass is 10.2. The van der Waals surface area contributed by atoms with Gasteiger partial charge in [0.05, 0.1) is 7.11 Å². The van der Waals surface area contributed by atoms with Crippen molar-refractivity contribution >= 4 is 41.5 Å². The summed E-state index contributed by atoms with van der Waals surface area (Å²) in [6.45, 7) is 1.03. The summed E-state index contributed by atoms with van der Waals surface area (Å²) < 4.78 is 24.2. The summed E-state index contributed by atoms with van der Waals surface area (Å²) in [7, 11) is 5.01. The van der Waals surface area contributed by atoms with Crippen molar-refractivity contribution in [1.82, 2.24) is 20.4 Å². The van der Waals surface area contributed by atoms with Crippen LogP contribution >= 0.6 is 35.6 Å². The number of hydrogen-bond acceptors (Lipinski definition) is 5. The molecule has 0 amide bonds. The van der Waals surface area contributed by atoms with Crippen molar-refractivity contribution in [3.63, 3.8) is 0 Å². The quantitative estimate of drug-likeness (QED) is 0.263. The second-order valence-corrected chi connectivity index (χ2v) is 7.01. The van der Waals surface area contributed by atoms with E-state index in [0.717, 1.165) is 11.1 Å². The van der Waals surface area contributed by atoms with Crippen LogP contribution in [0.25, 0.3) is 11.4 Å². The highest BCUT2D eigenvalue weighted by Gasteiger charge is 2.12. The summed E-state index contributed by atoms with van der Waals surface area (Å²) in [5.41, 5.74) is 1.61. The molecule has 7 nitrogen and oxygen atoms in total. The van der Waals surface area contributed by atoms with Crippen LogP contribution in [0, 0.1) is 5.82 Å². The van der Waals surface area contributed by atoms with Crippen molar-refractivity contribution in [1.29, 1.82) is 0 Å². The van der Waals surface area contributed by atoms with Crippen molar-refractivity contribution < 1.29 is 13.7 Å². The van der Waals surface area contributed by atoms with E-state index in [1.807, 2.05) is 30.1 Å². The summed E-state index contributed by atoms with van der Waals surface area (Å²) >= 11 is 6.01. The Hall–Kier alpha value is -2.40. The Morgan fingerprint density at radius 3 is 2.77 bits per heavy atom. The molecule has 0 saturated heterocycles. The minimum Gasteiger partial charge on any atom is -0.494 e. The number of hydrogen-bond donors (Lipinski definition) is 1. The molecular formula is C21H24ClFIN5O2. The lowest BCUT2D eigenvalue weighted by Gasteiger charge is -2.22. The predicted molar refractivity (Wildman–Crippen MR) is 130 cm³/mol. The first kappa shape index (κ1) is 24.9. The van der Waals surface area contributed by atoms with Gasteiger partial charge in [-0.25, -0.2) is 4.39 Å². The van der Waals surface area contributed by atoms with Gasteiger partial charge in [0.15, 0.2) is 17.5 Å². The van der Waals surface area contributed by atoms with Gasteiger partial charge < -0.3 is 19.5 Å². The minimum absolute atomic E-state index is 0. The zero-order chi connectivity index (χ0) is 21.5. The van der Waals surface area contributed by atoms with Gasteiger partial charge >= 0.3 is 0 Å². The van der Waals surface area contributed by atoms with E-state index < -0.39 is 5.82 Å². The van der Waals surface area contributed by atoms with Crippen molar-refractivity contribution in [2.45, 2.75) is 13.0 Å². The first-order valence-corrected chi connectivity index (χ1v) is 9.70. The van der Waals surface area contributed by atoms with Crippen LogP contribution in [0.4, 0.5) is 4.39 Å². The molecule has 3 aromatic rings. The third-order valence-electron chi connectivity index (χ3n) is 4.38. The van der Waals surface area contributed by atoms with Gasteiger partial charge in [-0.2, -0.15) is 4.98 Å². The smallest absolute Gasteiger partial charge is 0.228 e. The standard InChI is InChI=1S/C21H23ClFN5O2.HI/c1-24-21(28(2)13-14-7-8-18(29-3)17(23)11-14)25-10-9-19-26-20(27-30-19)15-5-4-6-16(22)12-15;/h4-8,11-12H,9-10,13H2,1-3H3,(H,24,25);1H. The molecule has 1 N–H and O–H groups in total. The van der Waals surface area contributed by atoms with E-state index in [2.05, 4.69) is 20.4 Å². The average Bonchev–Trinajstić information content (AvgIpc) is 3.20. The molecule has 0 aliphatic rings. The molecule has 0 unspecified atom stereocenters. The number of aliphatic imine (C=N–C) groups is 1. The van der Waals surface area contributed by atoms with Crippen LogP contribution in [0.3, 0.4) is 0 Å². The Labute approximate surface area is 202 Å². The largest absolute Gasteiger partial charge is 0.494 e. The molecule has 10 heteroatoms. The number of nitrogens with zero attached hydrogens (tertiary/aromatic N) is 4. The molecule has 0 saturated carbocycles. The molecule has 0 bridgehead atoms. The highest BCUT2D eigenvalue weighted by atomic mass is 127. The Morgan fingerprint density at radius 2 is 2.10 bits per heavy atom. The van der Waals surface area contributed by atoms with Crippen molar-refractivity contribution in [3.8, 4) is 17.1 Å². The van der Waals surface area contributed by atoms with E-state index in [9.17, 15) is 4.39 Å². The van der Waals surface area contributed by atoms with E-state index in [0.29, 0.717) is 42.2 Å². The fraction of sp³-hybridized carbons (Fsp3) is 0.286. The van der Waals surface area contributed by atoms with E-state index in [-0.39, 0.29) is 29.7 Å². The van der Waals surface area contributed by atoms with Crippen molar-refractivity contribution in [3.05, 3.63) is 64.8 Å². The van der Waals surface area contributed by atoms with Gasteiger partial charge in [0.25, 0.3) is 0 Å². The number of ether oxygens (including phenoxy) is 1. The fourth-order valence-electron chi connectivity index (χ4n) is 2.92. The molecule has 0 atom stereocenters. The van der Waals surface area contributed by atoms with Gasteiger partial charge in [-0.15, -0.1) is 24.0 Å². The molecule has 166 valence electrons. The van der Waals surface area contributed by atoms with E-state index in [1.165, 1.54) is 13.2 Å². The molecular weight excluding hydrogens is 536 g/mol. The third-order valence-corrected chi connectivity index (χ3v) is 4.62. The Bertz CT molecular complexity index is 1030. The van der Waals surface area contributed by atoms with Crippen LogP contribution in [0.15, 0.2) is 52.0 Å². The number of aromatic nitrogens is 2. The number of halogens is 3.